The van der Waals surface area contributed by atoms with Gasteiger partial charge in [-0.15, -0.1) is 0 Å². The van der Waals surface area contributed by atoms with Crippen molar-refractivity contribution < 1.29 is 24.1 Å². The molecule has 1 heterocycles. The fourth-order valence-electron chi connectivity index (χ4n) is 1.48. The van der Waals surface area contributed by atoms with Crippen LogP contribution in [0.3, 0.4) is 0 Å². The lowest BCUT2D eigenvalue weighted by Gasteiger charge is -2.03. The molecule has 0 saturated carbocycles. The van der Waals surface area contributed by atoms with E-state index in [2.05, 4.69) is 0 Å². The smallest absolute Gasteiger partial charge is 0.331 e. The zero-order chi connectivity index (χ0) is 13.0. The van der Waals surface area contributed by atoms with E-state index in [1.54, 1.807) is 0 Å². The Morgan fingerprint density at radius 2 is 2.22 bits per heavy atom. The summed E-state index contributed by atoms with van der Waals surface area (Å²) in [5, 5.41) is 8.65. The van der Waals surface area contributed by atoms with Gasteiger partial charge in [0, 0.05) is 5.57 Å². The molecular formula is C13H14O5. The molecule has 0 unspecified atom stereocenters. The minimum absolute atomic E-state index is 0.250. The fraction of sp³-hybridized carbons (Fsp3) is 0.308. The van der Waals surface area contributed by atoms with Crippen molar-refractivity contribution in [2.24, 2.45) is 0 Å². The molecule has 0 aliphatic carbocycles. The third kappa shape index (κ3) is 3.01. The van der Waals surface area contributed by atoms with Crippen molar-refractivity contribution >= 4 is 5.97 Å². The normalized spacial score (nSPS) is 13.7. The predicted molar refractivity (Wildman–Crippen MR) is 63.6 cm³/mol. The molecule has 0 aromatic heterocycles. The summed E-state index contributed by atoms with van der Waals surface area (Å²) in [5.74, 6) is 0.524. The molecule has 0 amide bonds. The second-order valence-corrected chi connectivity index (χ2v) is 3.90. The van der Waals surface area contributed by atoms with Crippen LogP contribution in [-0.2, 0) is 16.1 Å². The van der Waals surface area contributed by atoms with E-state index in [0.29, 0.717) is 12.4 Å². The highest BCUT2D eigenvalue weighted by Crippen LogP contribution is 2.32. The molecule has 0 saturated heterocycles. The number of carboxylic acids is 1. The highest BCUT2D eigenvalue weighted by Gasteiger charge is 2.12. The van der Waals surface area contributed by atoms with Gasteiger partial charge in [0.1, 0.15) is 0 Å². The summed E-state index contributed by atoms with van der Waals surface area (Å²) in [6.07, 6.45) is 1.54. The topological polar surface area (TPSA) is 65.0 Å². The molecule has 0 radical (unpaired) electrons. The summed E-state index contributed by atoms with van der Waals surface area (Å²) >= 11 is 0. The number of hydrogen-bond acceptors (Lipinski definition) is 4. The molecule has 18 heavy (non-hydrogen) atoms. The van der Waals surface area contributed by atoms with Crippen LogP contribution < -0.4 is 9.47 Å². The predicted octanol–water partition coefficient (Wildman–Crippen LogP) is 1.96. The van der Waals surface area contributed by atoms with Gasteiger partial charge in [-0.05, 0) is 30.7 Å². The zero-order valence-electron chi connectivity index (χ0n) is 10.0. The van der Waals surface area contributed by atoms with E-state index in [4.69, 9.17) is 19.3 Å². The Balaban J connectivity index is 1.84. The molecule has 5 nitrogen and oxygen atoms in total. The Hall–Kier alpha value is -2.01. The van der Waals surface area contributed by atoms with E-state index < -0.39 is 5.97 Å². The Bertz CT molecular complexity index is 478. The van der Waals surface area contributed by atoms with Crippen molar-refractivity contribution in [1.29, 1.82) is 0 Å². The number of benzene rings is 1. The van der Waals surface area contributed by atoms with Crippen molar-refractivity contribution in [1.82, 2.24) is 0 Å². The van der Waals surface area contributed by atoms with Crippen molar-refractivity contribution in [3.05, 3.63) is 35.4 Å². The quantitative estimate of drug-likeness (QED) is 0.639. The molecular weight excluding hydrogens is 236 g/mol. The summed E-state index contributed by atoms with van der Waals surface area (Å²) < 4.78 is 15.8. The molecule has 1 aliphatic heterocycles. The van der Waals surface area contributed by atoms with Crippen LogP contribution >= 0.6 is 0 Å². The summed E-state index contributed by atoms with van der Waals surface area (Å²) in [6, 6.07) is 5.58. The second-order valence-electron chi connectivity index (χ2n) is 3.90. The van der Waals surface area contributed by atoms with Gasteiger partial charge in [-0.1, -0.05) is 6.07 Å². The van der Waals surface area contributed by atoms with Gasteiger partial charge in [0.2, 0.25) is 6.79 Å². The van der Waals surface area contributed by atoms with E-state index in [0.717, 1.165) is 11.3 Å². The van der Waals surface area contributed by atoms with Gasteiger partial charge in [-0.25, -0.2) is 4.79 Å². The average molecular weight is 250 g/mol. The summed E-state index contributed by atoms with van der Waals surface area (Å²) in [7, 11) is 0. The van der Waals surface area contributed by atoms with E-state index in [9.17, 15) is 4.79 Å². The van der Waals surface area contributed by atoms with E-state index in [1.807, 2.05) is 18.2 Å². The lowest BCUT2D eigenvalue weighted by atomic mass is 10.2. The molecule has 0 fully saturated rings. The Kier molecular flexibility index (Phi) is 3.84. The maximum atomic E-state index is 10.5. The molecule has 5 heteroatoms. The number of carbonyl (C=O) groups is 1. The molecule has 0 bridgehead atoms. The van der Waals surface area contributed by atoms with Gasteiger partial charge >= 0.3 is 5.97 Å². The molecule has 0 spiro atoms. The van der Waals surface area contributed by atoms with Gasteiger partial charge in [0.25, 0.3) is 0 Å². The van der Waals surface area contributed by atoms with Gasteiger partial charge < -0.3 is 19.3 Å². The van der Waals surface area contributed by atoms with Crippen molar-refractivity contribution in [3.8, 4) is 11.5 Å². The summed E-state index contributed by atoms with van der Waals surface area (Å²) in [4.78, 5) is 10.5. The molecule has 1 aliphatic rings. The van der Waals surface area contributed by atoms with Crippen LogP contribution in [0.2, 0.25) is 0 Å². The zero-order valence-corrected chi connectivity index (χ0v) is 10.0. The van der Waals surface area contributed by atoms with Crippen molar-refractivity contribution in [2.75, 3.05) is 13.4 Å². The number of aliphatic carboxylic acids is 1. The first kappa shape index (κ1) is 12.4. The standard InChI is InChI=1S/C13H14O5/c1-9(13(14)15)4-5-16-7-10-2-3-11-12(6-10)18-8-17-11/h2-4,6H,5,7-8H2,1H3,(H,14,15). The molecule has 0 atom stereocenters. The molecule has 1 N–H and O–H groups in total. The second kappa shape index (κ2) is 5.55. The highest BCUT2D eigenvalue weighted by atomic mass is 16.7. The fourth-order valence-corrected chi connectivity index (χ4v) is 1.48. The molecule has 2 rings (SSSR count). The van der Waals surface area contributed by atoms with Gasteiger partial charge in [0.05, 0.1) is 13.2 Å². The van der Waals surface area contributed by atoms with Crippen LogP contribution in [-0.4, -0.2) is 24.5 Å². The van der Waals surface area contributed by atoms with Crippen LogP contribution in [0.25, 0.3) is 0 Å². The van der Waals surface area contributed by atoms with E-state index in [-0.39, 0.29) is 19.0 Å². The third-order valence-electron chi connectivity index (χ3n) is 2.55. The summed E-state index contributed by atoms with van der Waals surface area (Å²) in [6.45, 7) is 2.46. The van der Waals surface area contributed by atoms with Crippen LogP contribution in [0, 0.1) is 0 Å². The first-order valence-corrected chi connectivity index (χ1v) is 5.53. The lowest BCUT2D eigenvalue weighted by Crippen LogP contribution is -1.99. The maximum Gasteiger partial charge on any atom is 0.331 e. The third-order valence-corrected chi connectivity index (χ3v) is 2.55. The SMILES string of the molecule is CC(=CCOCc1ccc2c(c1)OCO2)C(=O)O. The van der Waals surface area contributed by atoms with Crippen molar-refractivity contribution in [3.63, 3.8) is 0 Å². The van der Waals surface area contributed by atoms with Gasteiger partial charge in [-0.2, -0.15) is 0 Å². The van der Waals surface area contributed by atoms with Crippen LogP contribution in [0.5, 0.6) is 11.5 Å². The minimum atomic E-state index is -0.929. The number of rotatable bonds is 5. The molecule has 1 aromatic carbocycles. The monoisotopic (exact) mass is 250 g/mol. The number of carboxylic acid groups (broad SMARTS) is 1. The van der Waals surface area contributed by atoms with Crippen molar-refractivity contribution in [2.45, 2.75) is 13.5 Å². The first-order chi connectivity index (χ1) is 8.66. The largest absolute Gasteiger partial charge is 0.478 e. The number of hydrogen-bond donors (Lipinski definition) is 1. The van der Waals surface area contributed by atoms with E-state index >= 15 is 0 Å². The minimum Gasteiger partial charge on any atom is -0.478 e. The maximum absolute atomic E-state index is 10.5. The van der Waals surface area contributed by atoms with Gasteiger partial charge in [-0.3, -0.25) is 0 Å². The van der Waals surface area contributed by atoms with Crippen LogP contribution in [0.1, 0.15) is 12.5 Å². The van der Waals surface area contributed by atoms with E-state index in [1.165, 1.54) is 13.0 Å². The molecule has 96 valence electrons. The number of fused-ring (bicyclic) bond motifs is 1. The Morgan fingerprint density at radius 1 is 1.44 bits per heavy atom. The number of ether oxygens (including phenoxy) is 3. The van der Waals surface area contributed by atoms with Crippen LogP contribution in [0.4, 0.5) is 0 Å². The first-order valence-electron chi connectivity index (χ1n) is 5.53. The molecule has 1 aromatic rings. The van der Waals surface area contributed by atoms with Crippen LogP contribution in [0.15, 0.2) is 29.8 Å². The van der Waals surface area contributed by atoms with Gasteiger partial charge in [0.15, 0.2) is 11.5 Å². The highest BCUT2D eigenvalue weighted by molar-refractivity contribution is 5.85. The summed E-state index contributed by atoms with van der Waals surface area (Å²) in [5.41, 5.74) is 1.24. The Labute approximate surface area is 105 Å². The Morgan fingerprint density at radius 3 is 3.00 bits per heavy atom. The average Bonchev–Trinajstić information content (AvgIpc) is 2.81. The lowest BCUT2D eigenvalue weighted by molar-refractivity contribution is -0.132.